The number of methoxy groups -OCH3 is 1. The van der Waals surface area contributed by atoms with Crippen LogP contribution in [0.15, 0.2) is 78.3 Å². The minimum atomic E-state index is 0.298. The zero-order valence-corrected chi connectivity index (χ0v) is 19.1. The largest absolute Gasteiger partial charge is 0.497 e. The van der Waals surface area contributed by atoms with Crippen LogP contribution in [0, 0.1) is 11.3 Å². The lowest BCUT2D eigenvalue weighted by molar-refractivity contribution is 0.414. The number of nitrogen functional groups attached to an aromatic ring is 1. The molecule has 3 aromatic carbocycles. The second kappa shape index (κ2) is 11.4. The Bertz CT molecular complexity index is 1190. The van der Waals surface area contributed by atoms with Crippen LogP contribution in [0.3, 0.4) is 0 Å². The maximum atomic E-state index is 9.55. The van der Waals surface area contributed by atoms with Crippen LogP contribution in [0.2, 0.25) is 0 Å². The highest BCUT2D eigenvalue weighted by Crippen LogP contribution is 2.23. The Kier molecular flexibility index (Phi) is 8.09. The highest BCUT2D eigenvalue weighted by atomic mass is 16.5. The van der Waals surface area contributed by atoms with E-state index in [0.29, 0.717) is 35.1 Å². The molecule has 168 valence electrons. The van der Waals surface area contributed by atoms with E-state index in [0.717, 1.165) is 35.3 Å². The van der Waals surface area contributed by atoms with Gasteiger partial charge in [0.15, 0.2) is 0 Å². The quantitative estimate of drug-likeness (QED) is 0.243. The first-order valence-corrected chi connectivity index (χ1v) is 10.8. The molecule has 0 aromatic heterocycles. The Morgan fingerprint density at radius 1 is 1.09 bits per heavy atom. The van der Waals surface area contributed by atoms with E-state index in [2.05, 4.69) is 30.2 Å². The minimum Gasteiger partial charge on any atom is -0.497 e. The summed E-state index contributed by atoms with van der Waals surface area (Å²) < 4.78 is 5.23. The highest BCUT2D eigenvalue weighted by molar-refractivity contribution is 6.07. The van der Waals surface area contributed by atoms with Gasteiger partial charge in [0, 0.05) is 34.7 Å². The molecular formula is C27H29N5O. The number of nitrogens with two attached hydrogens (primary N) is 1. The van der Waals surface area contributed by atoms with Crippen LogP contribution in [0.25, 0.3) is 5.70 Å². The number of para-hydroxylation sites is 2. The van der Waals surface area contributed by atoms with Gasteiger partial charge in [-0.3, -0.25) is 4.99 Å². The van der Waals surface area contributed by atoms with Crippen LogP contribution in [0.5, 0.6) is 5.75 Å². The molecule has 6 heteroatoms. The maximum absolute atomic E-state index is 9.55. The first-order valence-electron chi connectivity index (χ1n) is 10.8. The second-order valence-electron chi connectivity index (χ2n) is 7.46. The maximum Gasteiger partial charge on any atom is 0.135 e. The average molecular weight is 440 g/mol. The fourth-order valence-corrected chi connectivity index (χ4v) is 3.36. The molecule has 0 unspecified atom stereocenters. The van der Waals surface area contributed by atoms with Crippen molar-refractivity contribution in [1.29, 1.82) is 5.26 Å². The van der Waals surface area contributed by atoms with Gasteiger partial charge in [0.1, 0.15) is 11.6 Å². The molecule has 0 bridgehead atoms. The summed E-state index contributed by atoms with van der Waals surface area (Å²) in [6.45, 7) is 7.55. The number of aliphatic imine (C=N–C) groups is 1. The molecule has 0 fully saturated rings. The SMILES string of the molecule is C=C(NC(=NCc1ccc(OC)cc1C#N)c1ccccc1N)c1ccccc1NCCC. The molecule has 0 aliphatic carbocycles. The van der Waals surface area contributed by atoms with Crippen molar-refractivity contribution in [3.63, 3.8) is 0 Å². The Balaban J connectivity index is 1.95. The normalized spacial score (nSPS) is 10.9. The number of amidine groups is 1. The van der Waals surface area contributed by atoms with Crippen LogP contribution in [-0.2, 0) is 6.54 Å². The lowest BCUT2D eigenvalue weighted by Crippen LogP contribution is -2.24. The van der Waals surface area contributed by atoms with Gasteiger partial charge < -0.3 is 21.1 Å². The zero-order chi connectivity index (χ0) is 23.6. The number of nitrogens with one attached hydrogen (secondary N) is 2. The third-order valence-corrected chi connectivity index (χ3v) is 5.15. The zero-order valence-electron chi connectivity index (χ0n) is 19.1. The van der Waals surface area contributed by atoms with Crippen LogP contribution in [0.4, 0.5) is 11.4 Å². The van der Waals surface area contributed by atoms with E-state index >= 15 is 0 Å². The van der Waals surface area contributed by atoms with Crippen molar-refractivity contribution in [1.82, 2.24) is 5.32 Å². The fourth-order valence-electron chi connectivity index (χ4n) is 3.36. The van der Waals surface area contributed by atoms with Crippen molar-refractivity contribution >= 4 is 22.9 Å². The summed E-state index contributed by atoms with van der Waals surface area (Å²) in [4.78, 5) is 4.80. The van der Waals surface area contributed by atoms with Gasteiger partial charge in [-0.25, -0.2) is 0 Å². The first kappa shape index (κ1) is 23.4. The van der Waals surface area contributed by atoms with Crippen LogP contribution >= 0.6 is 0 Å². The molecule has 0 aliphatic heterocycles. The smallest absolute Gasteiger partial charge is 0.135 e. The predicted molar refractivity (Wildman–Crippen MR) is 136 cm³/mol. The number of hydrogen-bond donors (Lipinski definition) is 3. The molecule has 0 heterocycles. The molecule has 33 heavy (non-hydrogen) atoms. The Labute approximate surface area is 195 Å². The number of ether oxygens (including phenoxy) is 1. The monoisotopic (exact) mass is 439 g/mol. The second-order valence-corrected chi connectivity index (χ2v) is 7.46. The van der Waals surface area contributed by atoms with Gasteiger partial charge in [-0.05, 0) is 42.3 Å². The van der Waals surface area contributed by atoms with E-state index in [1.807, 2.05) is 60.7 Å². The number of anilines is 2. The van der Waals surface area contributed by atoms with Crippen molar-refractivity contribution in [2.45, 2.75) is 19.9 Å². The van der Waals surface area contributed by atoms with Gasteiger partial charge in [-0.1, -0.05) is 49.9 Å². The van der Waals surface area contributed by atoms with Gasteiger partial charge in [-0.15, -0.1) is 0 Å². The molecule has 3 aromatic rings. The number of rotatable bonds is 9. The van der Waals surface area contributed by atoms with Crippen molar-refractivity contribution in [3.05, 3.63) is 95.6 Å². The molecule has 0 radical (unpaired) electrons. The van der Waals surface area contributed by atoms with Gasteiger partial charge in [0.25, 0.3) is 0 Å². The van der Waals surface area contributed by atoms with E-state index in [4.69, 9.17) is 15.5 Å². The molecule has 0 aliphatic rings. The molecule has 0 saturated heterocycles. The third-order valence-electron chi connectivity index (χ3n) is 5.15. The van der Waals surface area contributed by atoms with E-state index < -0.39 is 0 Å². The topological polar surface area (TPSA) is 95.5 Å². The average Bonchev–Trinajstić information content (AvgIpc) is 2.85. The summed E-state index contributed by atoms with van der Waals surface area (Å²) in [5, 5.41) is 16.4. The Morgan fingerprint density at radius 3 is 2.52 bits per heavy atom. The van der Waals surface area contributed by atoms with Crippen molar-refractivity contribution in [3.8, 4) is 11.8 Å². The summed E-state index contributed by atoms with van der Waals surface area (Å²) in [6, 6.07) is 23.2. The Morgan fingerprint density at radius 2 is 1.82 bits per heavy atom. The molecule has 0 atom stereocenters. The van der Waals surface area contributed by atoms with Crippen molar-refractivity contribution in [2.24, 2.45) is 4.99 Å². The van der Waals surface area contributed by atoms with E-state index in [1.54, 1.807) is 13.2 Å². The highest BCUT2D eigenvalue weighted by Gasteiger charge is 2.13. The molecule has 4 N–H and O–H groups in total. The number of nitriles is 1. The standard InChI is InChI=1S/C27H29N5O/c1-4-15-30-26-12-8-6-9-23(26)19(2)32-27(24-10-5-7-11-25(24)29)31-18-20-13-14-22(33-3)16-21(20)17-28/h5-14,16,30H,2,4,15,18,29H2,1,3H3,(H,31,32). The van der Waals surface area contributed by atoms with Gasteiger partial charge in [0.05, 0.1) is 25.3 Å². The first-order chi connectivity index (χ1) is 16.1. The third kappa shape index (κ3) is 5.92. The minimum absolute atomic E-state index is 0.298. The van der Waals surface area contributed by atoms with E-state index in [-0.39, 0.29) is 0 Å². The van der Waals surface area contributed by atoms with Gasteiger partial charge in [0.2, 0.25) is 0 Å². The van der Waals surface area contributed by atoms with Crippen LogP contribution in [0.1, 0.15) is 35.6 Å². The van der Waals surface area contributed by atoms with Gasteiger partial charge >= 0.3 is 0 Å². The molecule has 3 rings (SSSR count). The molecule has 6 nitrogen and oxygen atoms in total. The van der Waals surface area contributed by atoms with Crippen LogP contribution < -0.4 is 21.1 Å². The lowest BCUT2D eigenvalue weighted by atomic mass is 10.1. The summed E-state index contributed by atoms with van der Waals surface area (Å²) in [5.74, 6) is 1.22. The number of nitrogens with zero attached hydrogens (tertiary/aromatic N) is 2. The summed E-state index contributed by atoms with van der Waals surface area (Å²) >= 11 is 0. The van der Waals surface area contributed by atoms with Gasteiger partial charge in [-0.2, -0.15) is 5.26 Å². The summed E-state index contributed by atoms with van der Waals surface area (Å²) in [5.41, 5.74) is 11.6. The molecular weight excluding hydrogens is 410 g/mol. The molecule has 0 saturated carbocycles. The lowest BCUT2D eigenvalue weighted by Gasteiger charge is -2.18. The van der Waals surface area contributed by atoms with E-state index in [9.17, 15) is 5.26 Å². The predicted octanol–water partition coefficient (Wildman–Crippen LogP) is 5.18. The van der Waals surface area contributed by atoms with Crippen LogP contribution in [-0.4, -0.2) is 19.5 Å². The fraction of sp³-hybridized carbons (Fsp3) is 0.185. The summed E-state index contributed by atoms with van der Waals surface area (Å²) in [6.07, 6.45) is 1.02. The Hall–Kier alpha value is -4.24. The van der Waals surface area contributed by atoms with Crippen molar-refractivity contribution in [2.75, 3.05) is 24.7 Å². The van der Waals surface area contributed by atoms with E-state index in [1.165, 1.54) is 0 Å². The summed E-state index contributed by atoms with van der Waals surface area (Å²) in [7, 11) is 1.58. The number of benzene rings is 3. The van der Waals surface area contributed by atoms with Crippen molar-refractivity contribution < 1.29 is 4.74 Å². The molecule has 0 amide bonds. The number of hydrogen-bond acceptors (Lipinski definition) is 5. The molecule has 0 spiro atoms.